The fraction of sp³-hybridized carbons (Fsp3) is 0.107. The van der Waals surface area contributed by atoms with Crippen LogP contribution in [0.25, 0.3) is 32.9 Å². The van der Waals surface area contributed by atoms with Gasteiger partial charge in [-0.25, -0.2) is 9.78 Å². The second kappa shape index (κ2) is 8.71. The molecule has 0 bridgehead atoms. The summed E-state index contributed by atoms with van der Waals surface area (Å²) in [7, 11) is 1.37. The molecule has 0 saturated heterocycles. The van der Waals surface area contributed by atoms with Gasteiger partial charge >= 0.3 is 5.97 Å². The Morgan fingerprint density at radius 2 is 1.73 bits per heavy atom. The molecule has 3 aromatic carbocycles. The molecule has 0 radical (unpaired) electrons. The summed E-state index contributed by atoms with van der Waals surface area (Å²) in [6, 6.07) is 25.6. The average molecular weight is 434 g/mol. The quantitative estimate of drug-likeness (QED) is 0.312. The molecule has 0 unspecified atom stereocenters. The van der Waals surface area contributed by atoms with Crippen molar-refractivity contribution < 1.29 is 14.3 Å². The molecule has 162 valence electrons. The fourth-order valence-corrected chi connectivity index (χ4v) is 3.96. The van der Waals surface area contributed by atoms with Crippen molar-refractivity contribution in [2.24, 2.45) is 0 Å². The van der Waals surface area contributed by atoms with E-state index in [1.54, 1.807) is 0 Å². The number of nitrogens with zero attached hydrogens (tertiary/aromatic N) is 2. The number of ether oxygens (including phenoxy) is 2. The van der Waals surface area contributed by atoms with E-state index >= 15 is 0 Å². The Kier molecular flexibility index (Phi) is 5.45. The van der Waals surface area contributed by atoms with Crippen molar-refractivity contribution in [3.05, 3.63) is 102 Å². The highest BCUT2D eigenvalue weighted by Gasteiger charge is 2.22. The number of esters is 1. The van der Waals surface area contributed by atoms with Gasteiger partial charge in [-0.1, -0.05) is 54.6 Å². The van der Waals surface area contributed by atoms with E-state index in [4.69, 9.17) is 14.5 Å². The van der Waals surface area contributed by atoms with Gasteiger partial charge in [-0.3, -0.25) is 4.98 Å². The number of rotatable bonds is 5. The average Bonchev–Trinajstić information content (AvgIpc) is 2.86. The maximum atomic E-state index is 12.8. The Bertz CT molecular complexity index is 1480. The zero-order chi connectivity index (χ0) is 22.8. The Balaban J connectivity index is 1.72. The molecule has 5 heteroatoms. The molecule has 2 heterocycles. The van der Waals surface area contributed by atoms with Crippen molar-refractivity contribution in [1.29, 1.82) is 0 Å². The highest BCUT2D eigenvalue weighted by Crippen LogP contribution is 2.38. The number of benzene rings is 3. The summed E-state index contributed by atoms with van der Waals surface area (Å²) in [5, 5.41) is 1.90. The van der Waals surface area contributed by atoms with Crippen molar-refractivity contribution in [2.75, 3.05) is 7.11 Å². The first-order valence-electron chi connectivity index (χ1n) is 10.7. The van der Waals surface area contributed by atoms with Gasteiger partial charge in [0.2, 0.25) is 0 Å². The molecule has 0 spiro atoms. The van der Waals surface area contributed by atoms with E-state index in [1.165, 1.54) is 7.11 Å². The third-order valence-corrected chi connectivity index (χ3v) is 5.61. The lowest BCUT2D eigenvalue weighted by molar-refractivity contribution is 0.0596. The number of pyridine rings is 2. The summed E-state index contributed by atoms with van der Waals surface area (Å²) in [4.78, 5) is 22.2. The Morgan fingerprint density at radius 3 is 2.55 bits per heavy atom. The van der Waals surface area contributed by atoms with Crippen LogP contribution in [0.5, 0.6) is 5.75 Å². The maximum absolute atomic E-state index is 12.8. The molecule has 0 fully saturated rings. The third kappa shape index (κ3) is 4.01. The molecule has 0 N–H and O–H groups in total. The lowest BCUT2D eigenvalue weighted by Gasteiger charge is -2.17. The second-order valence-electron chi connectivity index (χ2n) is 7.83. The second-order valence-corrected chi connectivity index (χ2v) is 7.83. The normalized spacial score (nSPS) is 11.0. The SMILES string of the molecule is COC(=O)c1cc(-c2cnc3ccccc3c2)c2ccc(C)nc2c1OCc1ccccc1. The van der Waals surface area contributed by atoms with Crippen LogP contribution < -0.4 is 4.74 Å². The zero-order valence-electron chi connectivity index (χ0n) is 18.4. The third-order valence-electron chi connectivity index (χ3n) is 5.61. The first kappa shape index (κ1) is 20.6. The Morgan fingerprint density at radius 1 is 0.939 bits per heavy atom. The molecule has 0 saturated carbocycles. The van der Waals surface area contributed by atoms with Crippen molar-refractivity contribution in [1.82, 2.24) is 9.97 Å². The van der Waals surface area contributed by atoms with Crippen molar-refractivity contribution >= 4 is 27.8 Å². The van der Waals surface area contributed by atoms with Crippen molar-refractivity contribution in [3.8, 4) is 16.9 Å². The van der Waals surface area contributed by atoms with Crippen LogP contribution >= 0.6 is 0 Å². The van der Waals surface area contributed by atoms with Gasteiger partial charge in [0.1, 0.15) is 17.7 Å². The molecule has 2 aromatic heterocycles. The van der Waals surface area contributed by atoms with Crippen molar-refractivity contribution in [3.63, 3.8) is 0 Å². The smallest absolute Gasteiger partial charge is 0.341 e. The van der Waals surface area contributed by atoms with Gasteiger partial charge in [0.05, 0.1) is 12.6 Å². The molecule has 33 heavy (non-hydrogen) atoms. The van der Waals surface area contributed by atoms with E-state index in [-0.39, 0.29) is 0 Å². The minimum absolute atomic E-state index is 0.312. The van der Waals surface area contributed by atoms with Gasteiger partial charge in [0.25, 0.3) is 0 Å². The van der Waals surface area contributed by atoms with Crippen LogP contribution in [-0.4, -0.2) is 23.0 Å². The van der Waals surface area contributed by atoms with Gasteiger partial charge in [0.15, 0.2) is 5.75 Å². The molecule has 0 aliphatic heterocycles. The summed E-state index contributed by atoms with van der Waals surface area (Å²) < 4.78 is 11.3. The molecule has 0 amide bonds. The summed E-state index contributed by atoms with van der Waals surface area (Å²) in [6.45, 7) is 2.23. The van der Waals surface area contributed by atoms with Crippen molar-refractivity contribution in [2.45, 2.75) is 13.5 Å². The van der Waals surface area contributed by atoms with E-state index in [9.17, 15) is 4.79 Å². The maximum Gasteiger partial charge on any atom is 0.341 e. The predicted octanol–water partition coefficient (Wildman–Crippen LogP) is 6.12. The minimum Gasteiger partial charge on any atom is -0.486 e. The first-order chi connectivity index (χ1) is 16.1. The number of hydrogen-bond acceptors (Lipinski definition) is 5. The molecule has 0 aliphatic carbocycles. The number of methoxy groups -OCH3 is 1. The minimum atomic E-state index is -0.474. The van der Waals surface area contributed by atoms with Gasteiger partial charge in [-0.2, -0.15) is 0 Å². The number of fused-ring (bicyclic) bond motifs is 2. The monoisotopic (exact) mass is 434 g/mol. The molecule has 5 rings (SSSR count). The number of carbonyl (C=O) groups excluding carboxylic acids is 1. The van der Waals surface area contributed by atoms with Crippen LogP contribution in [0.3, 0.4) is 0 Å². The molecule has 0 atom stereocenters. The van der Waals surface area contributed by atoms with Gasteiger partial charge in [-0.15, -0.1) is 0 Å². The highest BCUT2D eigenvalue weighted by molar-refractivity contribution is 6.07. The summed E-state index contributed by atoms with van der Waals surface area (Å²) in [6.07, 6.45) is 1.82. The van der Waals surface area contributed by atoms with Crippen LogP contribution in [0.2, 0.25) is 0 Å². The summed E-state index contributed by atoms with van der Waals surface area (Å²) in [5.74, 6) is -0.0554. The van der Waals surface area contributed by atoms with E-state index < -0.39 is 5.97 Å². The molecular formula is C28H22N2O3. The standard InChI is InChI=1S/C28H22N2O3/c1-18-12-13-22-23(21-14-20-10-6-7-11-25(20)29-16-21)15-24(28(31)32-2)27(26(22)30-18)33-17-19-8-4-3-5-9-19/h3-16H,17H2,1-2H3. The van der Waals surface area contributed by atoms with E-state index in [2.05, 4.69) is 11.1 Å². The molecule has 5 aromatic rings. The summed E-state index contributed by atoms with van der Waals surface area (Å²) >= 11 is 0. The zero-order valence-corrected chi connectivity index (χ0v) is 18.4. The fourth-order valence-electron chi connectivity index (χ4n) is 3.96. The van der Waals surface area contributed by atoms with Gasteiger partial charge in [-0.05, 0) is 42.3 Å². The van der Waals surface area contributed by atoms with Crippen LogP contribution in [0.15, 0.2) is 85.1 Å². The van der Waals surface area contributed by atoms with E-state index in [0.717, 1.165) is 38.7 Å². The largest absolute Gasteiger partial charge is 0.486 e. The number of aryl methyl sites for hydroxylation is 1. The number of aromatic nitrogens is 2. The topological polar surface area (TPSA) is 61.3 Å². The van der Waals surface area contributed by atoms with Crippen LogP contribution in [0.1, 0.15) is 21.6 Å². The number of para-hydroxylation sites is 1. The Labute approximate surface area is 191 Å². The number of carbonyl (C=O) groups is 1. The first-order valence-corrected chi connectivity index (χ1v) is 10.7. The number of hydrogen-bond donors (Lipinski definition) is 0. The van der Waals surface area contributed by atoms with Crippen LogP contribution in [0, 0.1) is 6.92 Å². The highest BCUT2D eigenvalue weighted by atomic mass is 16.5. The predicted molar refractivity (Wildman–Crippen MR) is 129 cm³/mol. The lowest BCUT2D eigenvalue weighted by Crippen LogP contribution is -2.08. The summed E-state index contributed by atoms with van der Waals surface area (Å²) in [5.41, 5.74) is 5.44. The van der Waals surface area contributed by atoms with E-state index in [1.807, 2.05) is 85.9 Å². The molecular weight excluding hydrogens is 412 g/mol. The lowest BCUT2D eigenvalue weighted by atomic mass is 9.96. The van der Waals surface area contributed by atoms with Crippen LogP contribution in [0.4, 0.5) is 0 Å². The van der Waals surface area contributed by atoms with Crippen LogP contribution in [-0.2, 0) is 11.3 Å². The van der Waals surface area contributed by atoms with Gasteiger partial charge in [0, 0.05) is 28.2 Å². The van der Waals surface area contributed by atoms with E-state index in [0.29, 0.717) is 23.4 Å². The van der Waals surface area contributed by atoms with Gasteiger partial charge < -0.3 is 9.47 Å². The molecule has 0 aliphatic rings. The Hall–Kier alpha value is -4.25. The molecule has 5 nitrogen and oxygen atoms in total.